The van der Waals surface area contributed by atoms with Crippen LogP contribution in [0.2, 0.25) is 0 Å². The number of rotatable bonds is 5. The average molecular weight is 616 g/mol. The Morgan fingerprint density at radius 3 is 2.12 bits per heavy atom. The predicted octanol–water partition coefficient (Wildman–Crippen LogP) is 11.7. The van der Waals surface area contributed by atoms with E-state index in [9.17, 15) is 5.26 Å². The predicted molar refractivity (Wildman–Crippen MR) is 199 cm³/mol. The average Bonchev–Trinajstić information content (AvgIpc) is 3.78. The van der Waals surface area contributed by atoms with Crippen LogP contribution in [0, 0.1) is 18.3 Å². The molecule has 0 fully saturated rings. The SMILES string of the molecule is C=C/C=C\c1c(C)c2ccc3c4cc(-c5cc(C#N)ccc5-n5c6ccccc6c6ccccc65)ccc4oc3c2n1-c1ccccc1. The van der Waals surface area contributed by atoms with Crippen molar-refractivity contribution < 1.29 is 4.42 Å². The minimum atomic E-state index is 0.615. The second-order valence-corrected chi connectivity index (χ2v) is 12.1. The molecular weight excluding hydrogens is 587 g/mol. The molecule has 0 aliphatic carbocycles. The summed E-state index contributed by atoms with van der Waals surface area (Å²) in [6, 6.07) is 46.5. The molecule has 9 rings (SSSR count). The highest BCUT2D eigenvalue weighted by atomic mass is 16.3. The zero-order valence-electron chi connectivity index (χ0n) is 26.3. The van der Waals surface area contributed by atoms with Crippen molar-refractivity contribution in [1.29, 1.82) is 5.26 Å². The van der Waals surface area contributed by atoms with Crippen LogP contribution in [0.3, 0.4) is 0 Å². The van der Waals surface area contributed by atoms with Gasteiger partial charge in [0.1, 0.15) is 5.58 Å². The van der Waals surface area contributed by atoms with Crippen LogP contribution in [0.4, 0.5) is 0 Å². The summed E-state index contributed by atoms with van der Waals surface area (Å²) in [5, 5.41) is 15.6. The lowest BCUT2D eigenvalue weighted by molar-refractivity contribution is 0.671. The Kier molecular flexibility index (Phi) is 6.21. The Hall–Kier alpha value is -6.57. The maximum atomic E-state index is 9.97. The van der Waals surface area contributed by atoms with Gasteiger partial charge in [0.2, 0.25) is 0 Å². The van der Waals surface area contributed by atoms with Crippen molar-refractivity contribution in [2.75, 3.05) is 0 Å². The molecular formula is C44H29N3O. The van der Waals surface area contributed by atoms with Crippen LogP contribution in [0.25, 0.3) is 83.2 Å². The van der Waals surface area contributed by atoms with E-state index >= 15 is 0 Å². The highest BCUT2D eigenvalue weighted by Gasteiger charge is 2.21. The van der Waals surface area contributed by atoms with Gasteiger partial charge >= 0.3 is 0 Å². The molecule has 4 heteroatoms. The van der Waals surface area contributed by atoms with E-state index in [1.165, 1.54) is 16.3 Å². The van der Waals surface area contributed by atoms with Gasteiger partial charge in [0.25, 0.3) is 0 Å². The normalized spacial score (nSPS) is 11.8. The first-order chi connectivity index (χ1) is 23.7. The number of aromatic nitrogens is 2. The smallest absolute Gasteiger partial charge is 0.160 e. The zero-order valence-corrected chi connectivity index (χ0v) is 26.3. The van der Waals surface area contributed by atoms with E-state index in [1.807, 2.05) is 24.3 Å². The zero-order chi connectivity index (χ0) is 32.4. The molecule has 4 nitrogen and oxygen atoms in total. The number of para-hydroxylation sites is 3. The van der Waals surface area contributed by atoms with Crippen molar-refractivity contribution in [1.82, 2.24) is 9.13 Å². The summed E-state index contributed by atoms with van der Waals surface area (Å²) >= 11 is 0. The quantitative estimate of drug-likeness (QED) is 0.181. The fourth-order valence-electron chi connectivity index (χ4n) is 7.36. The van der Waals surface area contributed by atoms with Crippen LogP contribution in [-0.2, 0) is 0 Å². The largest absolute Gasteiger partial charge is 0.454 e. The maximum Gasteiger partial charge on any atom is 0.160 e. The summed E-state index contributed by atoms with van der Waals surface area (Å²) in [6.45, 7) is 6.06. The van der Waals surface area contributed by atoms with Gasteiger partial charge in [-0.2, -0.15) is 5.26 Å². The molecule has 0 radical (unpaired) electrons. The van der Waals surface area contributed by atoms with Gasteiger partial charge in [0.05, 0.1) is 33.9 Å². The number of benzene rings is 6. The fraction of sp³-hybridized carbons (Fsp3) is 0.0227. The lowest BCUT2D eigenvalue weighted by Gasteiger charge is -2.14. The molecule has 3 aromatic heterocycles. The third-order valence-electron chi connectivity index (χ3n) is 9.53. The molecule has 226 valence electrons. The van der Waals surface area contributed by atoms with Crippen molar-refractivity contribution >= 4 is 60.7 Å². The van der Waals surface area contributed by atoms with E-state index in [2.05, 4.69) is 144 Å². The van der Waals surface area contributed by atoms with Crippen LogP contribution >= 0.6 is 0 Å². The summed E-state index contributed by atoms with van der Waals surface area (Å²) in [4.78, 5) is 0. The van der Waals surface area contributed by atoms with Crippen molar-refractivity contribution in [2.24, 2.45) is 0 Å². The van der Waals surface area contributed by atoms with E-state index in [0.717, 1.165) is 72.1 Å². The summed E-state index contributed by atoms with van der Waals surface area (Å²) in [5.41, 5.74) is 11.9. The van der Waals surface area contributed by atoms with E-state index in [4.69, 9.17) is 4.42 Å². The molecule has 0 unspecified atom stereocenters. The third kappa shape index (κ3) is 4.02. The van der Waals surface area contributed by atoms with Crippen LogP contribution in [0.5, 0.6) is 0 Å². The monoisotopic (exact) mass is 615 g/mol. The number of aryl methyl sites for hydroxylation is 1. The molecule has 0 saturated carbocycles. The van der Waals surface area contributed by atoms with Crippen LogP contribution < -0.4 is 0 Å². The van der Waals surface area contributed by atoms with Crippen LogP contribution in [-0.4, -0.2) is 9.13 Å². The fourth-order valence-corrected chi connectivity index (χ4v) is 7.36. The summed E-state index contributed by atoms with van der Waals surface area (Å²) in [6.07, 6.45) is 5.90. The first-order valence-corrected chi connectivity index (χ1v) is 16.0. The van der Waals surface area contributed by atoms with Gasteiger partial charge in [-0.1, -0.05) is 85.5 Å². The van der Waals surface area contributed by atoms with Crippen LogP contribution in [0.15, 0.2) is 151 Å². The molecule has 3 heterocycles. The lowest BCUT2D eigenvalue weighted by atomic mass is 9.98. The summed E-state index contributed by atoms with van der Waals surface area (Å²) < 4.78 is 11.3. The van der Waals surface area contributed by atoms with Gasteiger partial charge in [0.15, 0.2) is 5.58 Å². The van der Waals surface area contributed by atoms with Gasteiger partial charge in [-0.25, -0.2) is 0 Å². The maximum absolute atomic E-state index is 9.97. The van der Waals surface area contributed by atoms with Crippen molar-refractivity contribution in [2.45, 2.75) is 6.92 Å². The molecule has 0 amide bonds. The van der Waals surface area contributed by atoms with Crippen molar-refractivity contribution in [3.8, 4) is 28.6 Å². The second kappa shape index (κ2) is 10.8. The van der Waals surface area contributed by atoms with Crippen LogP contribution in [0.1, 0.15) is 16.8 Å². The molecule has 6 aromatic carbocycles. The van der Waals surface area contributed by atoms with E-state index in [-0.39, 0.29) is 0 Å². The van der Waals surface area contributed by atoms with E-state index in [1.54, 1.807) is 6.08 Å². The van der Waals surface area contributed by atoms with E-state index in [0.29, 0.717) is 5.56 Å². The minimum Gasteiger partial charge on any atom is -0.454 e. The number of furan rings is 1. The number of nitrogens with zero attached hydrogens (tertiary/aromatic N) is 3. The van der Waals surface area contributed by atoms with Crippen molar-refractivity contribution in [3.63, 3.8) is 0 Å². The first-order valence-electron chi connectivity index (χ1n) is 16.0. The molecule has 0 N–H and O–H groups in total. The Labute approximate surface area is 277 Å². The Morgan fingerprint density at radius 2 is 1.40 bits per heavy atom. The summed E-state index contributed by atoms with van der Waals surface area (Å²) in [7, 11) is 0. The van der Waals surface area contributed by atoms with Gasteiger partial charge in [-0.15, -0.1) is 0 Å². The topological polar surface area (TPSA) is 46.8 Å². The first kappa shape index (κ1) is 27.7. The molecule has 48 heavy (non-hydrogen) atoms. The molecule has 0 atom stereocenters. The Balaban J connectivity index is 1.32. The Bertz CT molecular complexity index is 2760. The Morgan fingerprint density at radius 1 is 0.688 bits per heavy atom. The number of hydrogen-bond donors (Lipinski definition) is 0. The molecule has 0 bridgehead atoms. The number of hydrogen-bond acceptors (Lipinski definition) is 2. The molecule has 0 aliphatic heterocycles. The highest BCUT2D eigenvalue weighted by Crippen LogP contribution is 2.42. The summed E-state index contributed by atoms with van der Waals surface area (Å²) in [5.74, 6) is 0. The molecule has 0 aliphatic rings. The van der Waals surface area contributed by atoms with E-state index < -0.39 is 0 Å². The van der Waals surface area contributed by atoms with Gasteiger partial charge in [0, 0.05) is 43.9 Å². The van der Waals surface area contributed by atoms with Crippen molar-refractivity contribution in [3.05, 3.63) is 163 Å². The second-order valence-electron chi connectivity index (χ2n) is 12.1. The number of fused-ring (bicyclic) bond motifs is 8. The molecule has 0 saturated heterocycles. The lowest BCUT2D eigenvalue weighted by Crippen LogP contribution is -1.98. The number of nitriles is 1. The van der Waals surface area contributed by atoms with Gasteiger partial charge in [-0.3, -0.25) is 0 Å². The van der Waals surface area contributed by atoms with Gasteiger partial charge < -0.3 is 13.6 Å². The van der Waals surface area contributed by atoms with Gasteiger partial charge in [-0.05, 0) is 84.8 Å². The molecule has 9 aromatic rings. The number of allylic oxidation sites excluding steroid dienone is 2. The standard InChI is InChI=1S/C44H29N3O/c1-3-4-16-38-28(2)32-21-22-35-37-26-30(20-24-42(37)48-44(35)43(32)46(38)31-12-6-5-7-13-31)36-25-29(27-45)19-23-41(36)47-39-17-10-8-14-33(39)34-15-9-11-18-40(34)47/h3-26H,1H2,2H3/b16-4-. The highest BCUT2D eigenvalue weighted by molar-refractivity contribution is 6.16. The molecule has 0 spiro atoms. The third-order valence-corrected chi connectivity index (χ3v) is 9.53. The minimum absolute atomic E-state index is 0.615.